The van der Waals surface area contributed by atoms with Gasteiger partial charge < -0.3 is 9.64 Å². The van der Waals surface area contributed by atoms with E-state index in [0.717, 1.165) is 18.4 Å². The Morgan fingerprint density at radius 2 is 1.97 bits per heavy atom. The van der Waals surface area contributed by atoms with Crippen LogP contribution >= 0.6 is 11.6 Å². The average Bonchev–Trinajstić information content (AvgIpc) is 2.77. The van der Waals surface area contributed by atoms with Crippen molar-refractivity contribution in [3.8, 4) is 0 Å². The quantitative estimate of drug-likeness (QED) is 0.591. The van der Waals surface area contributed by atoms with Gasteiger partial charge in [-0.1, -0.05) is 48.9 Å². The molecule has 1 atom stereocenters. The van der Waals surface area contributed by atoms with Crippen molar-refractivity contribution >= 4 is 27.5 Å². The van der Waals surface area contributed by atoms with Gasteiger partial charge in [0.2, 0.25) is 10.0 Å². The van der Waals surface area contributed by atoms with E-state index in [1.54, 1.807) is 18.1 Å². The number of nitrogens with zero attached hydrogens (tertiary/aromatic N) is 2. The van der Waals surface area contributed by atoms with Crippen LogP contribution in [0.3, 0.4) is 0 Å². The predicted octanol–water partition coefficient (Wildman–Crippen LogP) is 4.05. The summed E-state index contributed by atoms with van der Waals surface area (Å²) in [6.07, 6.45) is 1.82. The van der Waals surface area contributed by atoms with Crippen molar-refractivity contribution in [1.82, 2.24) is 9.21 Å². The van der Waals surface area contributed by atoms with Crippen molar-refractivity contribution in [3.63, 3.8) is 0 Å². The van der Waals surface area contributed by atoms with Crippen LogP contribution in [0.15, 0.2) is 53.4 Å². The van der Waals surface area contributed by atoms with E-state index in [1.165, 1.54) is 16.4 Å². The summed E-state index contributed by atoms with van der Waals surface area (Å²) in [5.41, 5.74) is 1.27. The molecule has 8 heteroatoms. The van der Waals surface area contributed by atoms with E-state index in [9.17, 15) is 13.2 Å². The van der Waals surface area contributed by atoms with Crippen LogP contribution in [0.5, 0.6) is 0 Å². The first-order valence-electron chi connectivity index (χ1n) is 10.4. The number of halogens is 1. The van der Waals surface area contributed by atoms with Gasteiger partial charge in [-0.25, -0.2) is 8.42 Å². The second-order valence-electron chi connectivity index (χ2n) is 7.96. The fourth-order valence-electron chi connectivity index (χ4n) is 3.78. The summed E-state index contributed by atoms with van der Waals surface area (Å²) in [6, 6.07) is 14.1. The van der Waals surface area contributed by atoms with Crippen molar-refractivity contribution in [1.29, 1.82) is 0 Å². The molecule has 3 rings (SSSR count). The van der Waals surface area contributed by atoms with Gasteiger partial charge in [0.15, 0.2) is 0 Å². The largest absolute Gasteiger partial charge is 0.383 e. The summed E-state index contributed by atoms with van der Waals surface area (Å²) in [5.74, 6) is 0.0311. The van der Waals surface area contributed by atoms with Crippen LogP contribution in [0.25, 0.3) is 0 Å². The van der Waals surface area contributed by atoms with Crippen LogP contribution in [0, 0.1) is 5.92 Å². The third-order valence-corrected chi connectivity index (χ3v) is 7.83. The van der Waals surface area contributed by atoms with Gasteiger partial charge in [0, 0.05) is 38.9 Å². The number of amides is 1. The third kappa shape index (κ3) is 5.86. The molecule has 0 aliphatic carbocycles. The Kier molecular flexibility index (Phi) is 8.11. The van der Waals surface area contributed by atoms with E-state index < -0.39 is 10.0 Å². The highest BCUT2D eigenvalue weighted by Crippen LogP contribution is 2.29. The smallest absolute Gasteiger partial charge is 0.254 e. The van der Waals surface area contributed by atoms with E-state index in [0.29, 0.717) is 44.3 Å². The minimum atomic E-state index is -3.78. The molecule has 1 heterocycles. The van der Waals surface area contributed by atoms with Crippen LogP contribution < -0.4 is 0 Å². The Hall–Kier alpha value is -1.93. The van der Waals surface area contributed by atoms with Crippen LogP contribution in [-0.2, 0) is 21.3 Å². The number of hydrogen-bond acceptors (Lipinski definition) is 4. The number of piperidine rings is 1. The zero-order valence-electron chi connectivity index (χ0n) is 18.0. The van der Waals surface area contributed by atoms with Crippen molar-refractivity contribution in [3.05, 3.63) is 64.7 Å². The number of hydrogen-bond donors (Lipinski definition) is 0. The Morgan fingerprint density at radius 1 is 1.23 bits per heavy atom. The lowest BCUT2D eigenvalue weighted by molar-refractivity contribution is 0.0680. The lowest BCUT2D eigenvalue weighted by Gasteiger charge is -2.30. The van der Waals surface area contributed by atoms with Crippen molar-refractivity contribution < 1.29 is 17.9 Å². The Balaban J connectivity index is 1.89. The van der Waals surface area contributed by atoms with Crippen LogP contribution in [-0.4, -0.2) is 56.9 Å². The second-order valence-corrected chi connectivity index (χ2v) is 10.3. The molecule has 0 aromatic heterocycles. The highest BCUT2D eigenvalue weighted by atomic mass is 35.5. The molecule has 2 aromatic rings. The van der Waals surface area contributed by atoms with Crippen molar-refractivity contribution in [2.75, 3.05) is 33.4 Å². The zero-order chi connectivity index (χ0) is 22.4. The lowest BCUT2D eigenvalue weighted by atomic mass is 10.0. The molecule has 1 amide bonds. The van der Waals surface area contributed by atoms with Gasteiger partial charge in [-0.05, 0) is 42.5 Å². The molecule has 0 N–H and O–H groups in total. The monoisotopic (exact) mass is 464 g/mol. The fourth-order valence-corrected chi connectivity index (χ4v) is 5.88. The van der Waals surface area contributed by atoms with E-state index >= 15 is 0 Å². The van der Waals surface area contributed by atoms with E-state index in [2.05, 4.69) is 0 Å². The normalized spacial score (nSPS) is 17.5. The maximum absolute atomic E-state index is 13.3. The van der Waals surface area contributed by atoms with Crippen molar-refractivity contribution in [2.24, 2.45) is 5.92 Å². The SMILES string of the molecule is COCCN(Cc1ccccc1)C(=O)c1ccc(Cl)c(S(=O)(=O)N2CCCC(C)C2)c1. The van der Waals surface area contributed by atoms with E-state index in [1.807, 2.05) is 37.3 Å². The molecular weight excluding hydrogens is 436 g/mol. The Labute approximate surface area is 189 Å². The van der Waals surface area contributed by atoms with Gasteiger partial charge >= 0.3 is 0 Å². The first kappa shape index (κ1) is 23.7. The van der Waals surface area contributed by atoms with Crippen molar-refractivity contribution in [2.45, 2.75) is 31.2 Å². The first-order valence-corrected chi connectivity index (χ1v) is 12.3. The number of carbonyl (C=O) groups is 1. The zero-order valence-corrected chi connectivity index (χ0v) is 19.5. The lowest BCUT2D eigenvalue weighted by Crippen LogP contribution is -2.39. The predicted molar refractivity (Wildman–Crippen MR) is 122 cm³/mol. The van der Waals surface area contributed by atoms with Crippen LogP contribution in [0.4, 0.5) is 0 Å². The van der Waals surface area contributed by atoms with Gasteiger partial charge in [0.05, 0.1) is 11.6 Å². The summed E-state index contributed by atoms with van der Waals surface area (Å²) in [4.78, 5) is 14.9. The average molecular weight is 465 g/mol. The highest BCUT2D eigenvalue weighted by molar-refractivity contribution is 7.89. The van der Waals surface area contributed by atoms with Crippen LogP contribution in [0.2, 0.25) is 5.02 Å². The minimum Gasteiger partial charge on any atom is -0.383 e. The van der Waals surface area contributed by atoms with E-state index in [4.69, 9.17) is 16.3 Å². The number of rotatable bonds is 8. The standard InChI is InChI=1S/C23H29ClN2O4S/c1-18-7-6-12-26(16-18)31(28,29)22-15-20(10-11-21(22)24)23(27)25(13-14-30-2)17-19-8-4-3-5-9-19/h3-5,8-11,15,18H,6-7,12-14,16-17H2,1-2H3. The van der Waals surface area contributed by atoms with Gasteiger partial charge in [-0.3, -0.25) is 4.79 Å². The minimum absolute atomic E-state index is 0.0134. The molecule has 0 spiro atoms. The number of ether oxygens (including phenoxy) is 1. The molecule has 1 fully saturated rings. The number of sulfonamides is 1. The Morgan fingerprint density at radius 3 is 2.65 bits per heavy atom. The molecule has 1 aliphatic rings. The molecule has 6 nitrogen and oxygen atoms in total. The van der Waals surface area contributed by atoms with Crippen LogP contribution in [0.1, 0.15) is 35.7 Å². The van der Waals surface area contributed by atoms with Gasteiger partial charge in [0.25, 0.3) is 5.91 Å². The maximum Gasteiger partial charge on any atom is 0.254 e. The maximum atomic E-state index is 13.3. The summed E-state index contributed by atoms with van der Waals surface area (Å²) in [5, 5.41) is 0.126. The summed E-state index contributed by atoms with van der Waals surface area (Å²) in [6.45, 7) is 4.14. The van der Waals surface area contributed by atoms with Gasteiger partial charge in [-0.15, -0.1) is 0 Å². The highest BCUT2D eigenvalue weighted by Gasteiger charge is 2.31. The topological polar surface area (TPSA) is 66.9 Å². The third-order valence-electron chi connectivity index (χ3n) is 5.48. The van der Waals surface area contributed by atoms with Gasteiger partial charge in [0.1, 0.15) is 4.90 Å². The number of carbonyl (C=O) groups excluding carboxylic acids is 1. The molecule has 1 saturated heterocycles. The number of benzene rings is 2. The number of methoxy groups -OCH3 is 1. The molecule has 0 radical (unpaired) electrons. The van der Waals surface area contributed by atoms with E-state index in [-0.39, 0.29) is 15.8 Å². The molecular formula is C23H29ClN2O4S. The first-order chi connectivity index (χ1) is 14.8. The molecule has 1 aliphatic heterocycles. The summed E-state index contributed by atoms with van der Waals surface area (Å²) in [7, 11) is -2.20. The van der Waals surface area contributed by atoms with Gasteiger partial charge in [-0.2, -0.15) is 4.31 Å². The fraction of sp³-hybridized carbons (Fsp3) is 0.435. The molecule has 31 heavy (non-hydrogen) atoms. The molecule has 0 saturated carbocycles. The molecule has 2 aromatic carbocycles. The molecule has 0 bridgehead atoms. The molecule has 1 unspecified atom stereocenters. The summed E-state index contributed by atoms with van der Waals surface area (Å²) < 4.78 is 33.2. The molecule has 168 valence electrons. The second kappa shape index (κ2) is 10.6. The summed E-state index contributed by atoms with van der Waals surface area (Å²) >= 11 is 6.28. The Bertz CT molecular complexity index is 998.